The molecule has 0 amide bonds. The number of hydrogen-bond acceptors (Lipinski definition) is 6. The molecule has 0 aliphatic carbocycles. The lowest BCUT2D eigenvalue weighted by Gasteiger charge is -2.29. The van der Waals surface area contributed by atoms with E-state index in [0.29, 0.717) is 23.6 Å². The molecule has 0 radical (unpaired) electrons. The molecular formula is C11H16N2O5S2. The molecule has 1 aromatic heterocycles. The average molecular weight is 320 g/mol. The first-order valence-corrected chi connectivity index (χ1v) is 8.41. The largest absolute Gasteiger partial charge is 0.480 e. The molecule has 0 bridgehead atoms. The lowest BCUT2D eigenvalue weighted by atomic mass is 10.0. The zero-order valence-electron chi connectivity index (χ0n) is 11.2. The summed E-state index contributed by atoms with van der Waals surface area (Å²) in [4.78, 5) is 11.9. The number of rotatable bonds is 5. The van der Waals surface area contributed by atoms with Gasteiger partial charge in [-0.1, -0.05) is 0 Å². The Morgan fingerprint density at radius 1 is 1.65 bits per heavy atom. The van der Waals surface area contributed by atoms with Gasteiger partial charge in [-0.2, -0.15) is 8.68 Å². The molecule has 0 unspecified atom stereocenters. The van der Waals surface area contributed by atoms with Crippen LogP contribution in [0.5, 0.6) is 5.88 Å². The number of aromatic nitrogens is 1. The Kier molecular flexibility index (Phi) is 4.03. The first-order valence-electron chi connectivity index (χ1n) is 6.03. The fraction of sp³-hybridized carbons (Fsp3) is 0.636. The van der Waals surface area contributed by atoms with Crippen molar-refractivity contribution in [1.82, 2.24) is 8.68 Å². The molecule has 20 heavy (non-hydrogen) atoms. The maximum Gasteiger partial charge on any atom is 0.324 e. The van der Waals surface area contributed by atoms with Crippen LogP contribution < -0.4 is 4.74 Å². The quantitative estimate of drug-likeness (QED) is 0.866. The van der Waals surface area contributed by atoms with Crippen molar-refractivity contribution in [2.24, 2.45) is 0 Å². The van der Waals surface area contributed by atoms with Crippen LogP contribution in [0, 0.1) is 0 Å². The SMILES string of the molecule is COc1cc(CS(=O)(=O)N2CCC[C@]2(C)C(=O)O)sn1. The molecule has 1 atom stereocenters. The zero-order valence-corrected chi connectivity index (χ0v) is 12.8. The highest BCUT2D eigenvalue weighted by atomic mass is 32.2. The molecule has 1 fully saturated rings. The van der Waals surface area contributed by atoms with E-state index in [9.17, 15) is 18.3 Å². The van der Waals surface area contributed by atoms with Gasteiger partial charge in [0.15, 0.2) is 0 Å². The number of carboxylic acid groups (broad SMARTS) is 1. The predicted molar refractivity (Wildman–Crippen MR) is 73.3 cm³/mol. The summed E-state index contributed by atoms with van der Waals surface area (Å²) >= 11 is 1.04. The van der Waals surface area contributed by atoms with E-state index in [1.165, 1.54) is 14.0 Å². The highest BCUT2D eigenvalue weighted by Crippen LogP contribution is 2.33. The molecule has 2 rings (SSSR count). The van der Waals surface area contributed by atoms with Crippen molar-refractivity contribution in [3.8, 4) is 5.88 Å². The molecule has 1 N–H and O–H groups in total. The molecule has 1 saturated heterocycles. The van der Waals surface area contributed by atoms with Gasteiger partial charge < -0.3 is 9.84 Å². The fourth-order valence-corrected chi connectivity index (χ4v) is 5.25. The Morgan fingerprint density at radius 2 is 2.35 bits per heavy atom. The number of sulfonamides is 1. The lowest BCUT2D eigenvalue weighted by Crippen LogP contribution is -2.50. The van der Waals surface area contributed by atoms with Gasteiger partial charge in [0.05, 0.1) is 7.11 Å². The molecule has 1 aliphatic rings. The van der Waals surface area contributed by atoms with Gasteiger partial charge in [0.25, 0.3) is 0 Å². The van der Waals surface area contributed by atoms with Crippen LogP contribution in [0.3, 0.4) is 0 Å². The third-order valence-corrected chi connectivity index (χ3v) is 6.33. The minimum Gasteiger partial charge on any atom is -0.480 e. The number of aliphatic carboxylic acids is 1. The monoisotopic (exact) mass is 320 g/mol. The van der Waals surface area contributed by atoms with Crippen molar-refractivity contribution < 1.29 is 23.1 Å². The molecule has 7 nitrogen and oxygen atoms in total. The van der Waals surface area contributed by atoms with Crippen molar-refractivity contribution in [2.45, 2.75) is 31.1 Å². The molecule has 0 saturated carbocycles. The Hall–Kier alpha value is -1.19. The molecule has 0 spiro atoms. The number of carbonyl (C=O) groups is 1. The summed E-state index contributed by atoms with van der Waals surface area (Å²) in [6.45, 7) is 1.69. The molecule has 0 aromatic carbocycles. The first-order chi connectivity index (χ1) is 9.29. The van der Waals surface area contributed by atoms with Gasteiger partial charge in [0.2, 0.25) is 15.9 Å². The number of ether oxygens (including phenoxy) is 1. The summed E-state index contributed by atoms with van der Waals surface area (Å²) in [5, 5.41) is 9.28. The van der Waals surface area contributed by atoms with Crippen LogP contribution >= 0.6 is 11.5 Å². The van der Waals surface area contributed by atoms with Crippen molar-refractivity contribution in [3.05, 3.63) is 10.9 Å². The van der Waals surface area contributed by atoms with Crippen LogP contribution in [-0.2, 0) is 20.6 Å². The normalized spacial score (nSPS) is 23.9. The van der Waals surface area contributed by atoms with Crippen molar-refractivity contribution in [3.63, 3.8) is 0 Å². The summed E-state index contributed by atoms with van der Waals surface area (Å²) in [5.41, 5.74) is -1.35. The molecule has 1 aliphatic heterocycles. The summed E-state index contributed by atoms with van der Waals surface area (Å²) in [6.07, 6.45) is 0.877. The van der Waals surface area contributed by atoms with Gasteiger partial charge in [0.1, 0.15) is 11.3 Å². The molecule has 1 aromatic rings. The average Bonchev–Trinajstić information content (AvgIpc) is 2.96. The third-order valence-electron chi connectivity index (χ3n) is 3.44. The van der Waals surface area contributed by atoms with Crippen molar-refractivity contribution in [1.29, 1.82) is 0 Å². The van der Waals surface area contributed by atoms with Crippen LogP contribution in [0.25, 0.3) is 0 Å². The topological polar surface area (TPSA) is 96.8 Å². The van der Waals surface area contributed by atoms with Crippen LogP contribution in [0.1, 0.15) is 24.6 Å². The summed E-state index contributed by atoms with van der Waals surface area (Å²) in [6, 6.07) is 1.55. The standard InChI is InChI=1S/C11H16N2O5S2/c1-11(10(14)15)4-3-5-13(11)20(16,17)7-8-6-9(18-2)12-19-8/h6H,3-5,7H2,1-2H3,(H,14,15)/t11-/m1/s1. The van der Waals surface area contributed by atoms with E-state index in [0.717, 1.165) is 15.8 Å². The number of nitrogens with zero attached hydrogens (tertiary/aromatic N) is 2. The van der Waals surface area contributed by atoms with Gasteiger partial charge in [-0.15, -0.1) is 0 Å². The highest BCUT2D eigenvalue weighted by molar-refractivity contribution is 7.88. The molecule has 9 heteroatoms. The Balaban J connectivity index is 2.24. The van der Waals surface area contributed by atoms with Crippen LogP contribution in [-0.4, -0.2) is 47.4 Å². The Labute approximate surface area is 121 Å². The zero-order chi connectivity index (χ0) is 15.0. The lowest BCUT2D eigenvalue weighted by molar-refractivity contribution is -0.146. The Bertz CT molecular complexity index is 612. The second kappa shape index (κ2) is 5.30. The minimum absolute atomic E-state index is 0.237. The van der Waals surface area contributed by atoms with Crippen LogP contribution in [0.2, 0.25) is 0 Å². The van der Waals surface area contributed by atoms with Gasteiger partial charge in [-0.05, 0) is 31.3 Å². The predicted octanol–water partition coefficient (Wildman–Crippen LogP) is 0.921. The smallest absolute Gasteiger partial charge is 0.324 e. The van der Waals surface area contributed by atoms with Gasteiger partial charge in [-0.3, -0.25) is 4.79 Å². The maximum atomic E-state index is 12.4. The van der Waals surface area contributed by atoms with E-state index >= 15 is 0 Å². The van der Waals surface area contributed by atoms with Crippen molar-refractivity contribution >= 4 is 27.5 Å². The number of methoxy groups -OCH3 is 1. The van der Waals surface area contributed by atoms with E-state index in [1.54, 1.807) is 6.07 Å². The van der Waals surface area contributed by atoms with Crippen molar-refractivity contribution in [2.75, 3.05) is 13.7 Å². The molecular weight excluding hydrogens is 304 g/mol. The number of hydrogen-bond donors (Lipinski definition) is 1. The maximum absolute atomic E-state index is 12.4. The van der Waals surface area contributed by atoms with E-state index in [-0.39, 0.29) is 12.3 Å². The van der Waals surface area contributed by atoms with E-state index in [2.05, 4.69) is 4.37 Å². The van der Waals surface area contributed by atoms with Gasteiger partial charge in [-0.25, -0.2) is 8.42 Å². The molecule has 2 heterocycles. The van der Waals surface area contributed by atoms with E-state index in [4.69, 9.17) is 4.74 Å². The minimum atomic E-state index is -3.69. The summed E-state index contributed by atoms with van der Waals surface area (Å²) < 4.78 is 34.8. The van der Waals surface area contributed by atoms with Crippen LogP contribution in [0.4, 0.5) is 0 Å². The second-order valence-electron chi connectivity index (χ2n) is 4.85. The van der Waals surface area contributed by atoms with Gasteiger partial charge >= 0.3 is 5.97 Å². The summed E-state index contributed by atoms with van der Waals surface area (Å²) in [7, 11) is -2.24. The fourth-order valence-electron chi connectivity index (χ4n) is 2.31. The second-order valence-corrected chi connectivity index (χ2v) is 7.63. The molecule has 112 valence electrons. The van der Waals surface area contributed by atoms with E-state index in [1.807, 2.05) is 0 Å². The third kappa shape index (κ3) is 2.65. The Morgan fingerprint density at radius 3 is 2.90 bits per heavy atom. The first kappa shape index (κ1) is 15.2. The highest BCUT2D eigenvalue weighted by Gasteiger charge is 2.49. The van der Waals surface area contributed by atoms with Gasteiger partial charge in [0, 0.05) is 17.5 Å². The van der Waals surface area contributed by atoms with Crippen LogP contribution in [0.15, 0.2) is 6.07 Å². The summed E-state index contributed by atoms with van der Waals surface area (Å²) in [5.74, 6) is -1.00. The van der Waals surface area contributed by atoms with E-state index < -0.39 is 21.5 Å². The number of carboxylic acids is 1.